The molecule has 96 valence electrons. The summed E-state index contributed by atoms with van der Waals surface area (Å²) < 4.78 is 13.1. The van der Waals surface area contributed by atoms with Crippen LogP contribution in [0.3, 0.4) is 0 Å². The van der Waals surface area contributed by atoms with Gasteiger partial charge in [-0.15, -0.1) is 0 Å². The first-order chi connectivity index (χ1) is 8.00. The van der Waals surface area contributed by atoms with Gasteiger partial charge < -0.3 is 5.32 Å². The van der Waals surface area contributed by atoms with Crippen LogP contribution in [0.2, 0.25) is 0 Å². The van der Waals surface area contributed by atoms with Gasteiger partial charge in [-0.05, 0) is 68.5 Å². The van der Waals surface area contributed by atoms with Gasteiger partial charge in [-0.3, -0.25) is 0 Å². The van der Waals surface area contributed by atoms with Gasteiger partial charge in [0.1, 0.15) is 5.82 Å². The molecule has 0 heterocycles. The number of hydrogen-bond donors (Lipinski definition) is 1. The summed E-state index contributed by atoms with van der Waals surface area (Å²) in [7, 11) is 0. The molecular formula is C15H24FN. The zero-order valence-electron chi connectivity index (χ0n) is 11.4. The molecule has 0 fully saturated rings. The predicted octanol–water partition coefficient (Wildman–Crippen LogP) is 3.76. The van der Waals surface area contributed by atoms with E-state index in [1.807, 2.05) is 13.8 Å². The molecule has 0 bridgehead atoms. The van der Waals surface area contributed by atoms with Crippen molar-refractivity contribution in [2.24, 2.45) is 0 Å². The molecular weight excluding hydrogens is 213 g/mol. The van der Waals surface area contributed by atoms with Crippen molar-refractivity contribution < 1.29 is 4.39 Å². The van der Waals surface area contributed by atoms with Crippen molar-refractivity contribution in [3.05, 3.63) is 34.6 Å². The highest BCUT2D eigenvalue weighted by Gasteiger charge is 2.04. The Hall–Kier alpha value is -0.890. The van der Waals surface area contributed by atoms with Crippen LogP contribution in [0.4, 0.5) is 4.39 Å². The van der Waals surface area contributed by atoms with Crippen LogP contribution < -0.4 is 5.32 Å². The summed E-state index contributed by atoms with van der Waals surface area (Å²) in [4.78, 5) is 0. The van der Waals surface area contributed by atoms with E-state index in [2.05, 4.69) is 19.2 Å². The molecule has 2 heteroatoms. The topological polar surface area (TPSA) is 12.0 Å². The Labute approximate surface area is 104 Å². The molecule has 0 aromatic heterocycles. The molecule has 1 aromatic carbocycles. The fourth-order valence-corrected chi connectivity index (χ4v) is 2.15. The molecule has 1 rings (SSSR count). The Balaban J connectivity index is 2.42. The summed E-state index contributed by atoms with van der Waals surface area (Å²) in [6.07, 6.45) is 3.39. The van der Waals surface area contributed by atoms with Crippen LogP contribution in [-0.2, 0) is 6.42 Å². The lowest BCUT2D eigenvalue weighted by molar-refractivity contribution is 0.556. The van der Waals surface area contributed by atoms with Gasteiger partial charge in [0.25, 0.3) is 0 Å². The second-order valence-corrected chi connectivity index (χ2v) is 5.08. The number of aryl methyl sites for hydroxylation is 2. The Morgan fingerprint density at radius 2 is 1.71 bits per heavy atom. The quantitative estimate of drug-likeness (QED) is 0.743. The fraction of sp³-hybridized carbons (Fsp3) is 0.600. The standard InChI is InChI=1S/C15H24FN/c1-11(2)17-8-6-5-7-15-12(3)9-14(16)10-13(15)4/h9-11,17H,5-8H2,1-4H3. The monoisotopic (exact) mass is 237 g/mol. The van der Waals surface area contributed by atoms with Gasteiger partial charge in [-0.1, -0.05) is 13.8 Å². The maximum atomic E-state index is 13.1. The van der Waals surface area contributed by atoms with Crippen molar-refractivity contribution in [2.45, 2.75) is 53.0 Å². The minimum Gasteiger partial charge on any atom is -0.315 e. The molecule has 0 aliphatic heterocycles. The van der Waals surface area contributed by atoms with E-state index < -0.39 is 0 Å². The van der Waals surface area contributed by atoms with E-state index in [9.17, 15) is 4.39 Å². The number of unbranched alkanes of at least 4 members (excludes halogenated alkanes) is 1. The van der Waals surface area contributed by atoms with Crippen LogP contribution in [0.15, 0.2) is 12.1 Å². The number of rotatable bonds is 6. The van der Waals surface area contributed by atoms with Gasteiger partial charge in [0.05, 0.1) is 0 Å². The largest absolute Gasteiger partial charge is 0.315 e. The van der Waals surface area contributed by atoms with Crippen LogP contribution >= 0.6 is 0 Å². The Kier molecular flexibility index (Phi) is 5.63. The first kappa shape index (κ1) is 14.2. The molecule has 0 atom stereocenters. The molecule has 0 saturated carbocycles. The molecule has 0 radical (unpaired) electrons. The highest BCUT2D eigenvalue weighted by molar-refractivity contribution is 5.34. The lowest BCUT2D eigenvalue weighted by Gasteiger charge is -2.11. The van der Waals surface area contributed by atoms with Crippen molar-refractivity contribution in [3.63, 3.8) is 0 Å². The van der Waals surface area contributed by atoms with Crippen molar-refractivity contribution in [2.75, 3.05) is 6.54 Å². The zero-order valence-corrected chi connectivity index (χ0v) is 11.4. The molecule has 0 aliphatic carbocycles. The number of benzene rings is 1. The van der Waals surface area contributed by atoms with Gasteiger partial charge in [-0.2, -0.15) is 0 Å². The number of hydrogen-bond acceptors (Lipinski definition) is 1. The molecule has 1 nitrogen and oxygen atoms in total. The Bertz CT molecular complexity index is 335. The molecule has 0 unspecified atom stereocenters. The van der Waals surface area contributed by atoms with Crippen LogP contribution in [-0.4, -0.2) is 12.6 Å². The SMILES string of the molecule is Cc1cc(F)cc(C)c1CCCCNC(C)C. The second kappa shape index (κ2) is 6.75. The smallest absolute Gasteiger partial charge is 0.123 e. The molecule has 17 heavy (non-hydrogen) atoms. The number of nitrogens with one attached hydrogen (secondary N) is 1. The van der Waals surface area contributed by atoms with Crippen LogP contribution in [0.5, 0.6) is 0 Å². The van der Waals surface area contributed by atoms with Gasteiger partial charge in [0.15, 0.2) is 0 Å². The van der Waals surface area contributed by atoms with E-state index in [1.54, 1.807) is 12.1 Å². The minimum atomic E-state index is -0.120. The van der Waals surface area contributed by atoms with Crippen molar-refractivity contribution >= 4 is 0 Å². The summed E-state index contributed by atoms with van der Waals surface area (Å²) in [6, 6.07) is 3.83. The Morgan fingerprint density at radius 3 is 2.24 bits per heavy atom. The maximum Gasteiger partial charge on any atom is 0.123 e. The minimum absolute atomic E-state index is 0.120. The predicted molar refractivity (Wildman–Crippen MR) is 72.0 cm³/mol. The number of halogens is 1. The van der Waals surface area contributed by atoms with E-state index in [0.717, 1.165) is 30.5 Å². The lowest BCUT2D eigenvalue weighted by Crippen LogP contribution is -2.23. The van der Waals surface area contributed by atoms with Gasteiger partial charge in [0.2, 0.25) is 0 Å². The average molecular weight is 237 g/mol. The van der Waals surface area contributed by atoms with E-state index in [-0.39, 0.29) is 5.82 Å². The highest BCUT2D eigenvalue weighted by Crippen LogP contribution is 2.18. The molecule has 0 spiro atoms. The van der Waals surface area contributed by atoms with Gasteiger partial charge in [0, 0.05) is 6.04 Å². The first-order valence-electron chi connectivity index (χ1n) is 6.49. The van der Waals surface area contributed by atoms with Crippen LogP contribution in [0.25, 0.3) is 0 Å². The fourth-order valence-electron chi connectivity index (χ4n) is 2.15. The summed E-state index contributed by atoms with van der Waals surface area (Å²) in [5.41, 5.74) is 3.48. The first-order valence-corrected chi connectivity index (χ1v) is 6.49. The molecule has 0 aliphatic rings. The van der Waals surface area contributed by atoms with Crippen molar-refractivity contribution in [1.82, 2.24) is 5.32 Å². The van der Waals surface area contributed by atoms with E-state index in [4.69, 9.17) is 0 Å². The molecule has 0 amide bonds. The zero-order chi connectivity index (χ0) is 12.8. The van der Waals surface area contributed by atoms with Crippen LogP contribution in [0, 0.1) is 19.7 Å². The second-order valence-electron chi connectivity index (χ2n) is 5.08. The Morgan fingerprint density at radius 1 is 1.12 bits per heavy atom. The van der Waals surface area contributed by atoms with Crippen molar-refractivity contribution in [3.8, 4) is 0 Å². The third kappa shape index (κ3) is 4.86. The molecule has 1 N–H and O–H groups in total. The van der Waals surface area contributed by atoms with Crippen molar-refractivity contribution in [1.29, 1.82) is 0 Å². The average Bonchev–Trinajstić information content (AvgIpc) is 2.20. The summed E-state index contributed by atoms with van der Waals surface area (Å²) in [6.45, 7) is 9.38. The highest BCUT2D eigenvalue weighted by atomic mass is 19.1. The molecule has 1 aromatic rings. The van der Waals surface area contributed by atoms with E-state index in [0.29, 0.717) is 6.04 Å². The molecule has 0 saturated heterocycles. The third-order valence-corrected chi connectivity index (χ3v) is 3.07. The third-order valence-electron chi connectivity index (χ3n) is 3.07. The van der Waals surface area contributed by atoms with E-state index in [1.165, 1.54) is 12.0 Å². The van der Waals surface area contributed by atoms with Gasteiger partial charge >= 0.3 is 0 Å². The van der Waals surface area contributed by atoms with E-state index >= 15 is 0 Å². The normalized spacial score (nSPS) is 11.2. The maximum absolute atomic E-state index is 13.1. The van der Waals surface area contributed by atoms with Gasteiger partial charge in [-0.25, -0.2) is 4.39 Å². The summed E-state index contributed by atoms with van der Waals surface area (Å²) in [5, 5.41) is 3.41. The summed E-state index contributed by atoms with van der Waals surface area (Å²) in [5.74, 6) is -0.120. The lowest BCUT2D eigenvalue weighted by atomic mass is 9.97. The van der Waals surface area contributed by atoms with Crippen LogP contribution in [0.1, 0.15) is 43.4 Å². The summed E-state index contributed by atoms with van der Waals surface area (Å²) >= 11 is 0.